The fraction of sp³-hybridized carbons (Fsp3) is 0.743. The summed E-state index contributed by atoms with van der Waals surface area (Å²) in [5, 5.41) is 3.70. The van der Waals surface area contributed by atoms with Crippen molar-refractivity contribution < 1.29 is 19.1 Å². The zero-order chi connectivity index (χ0) is 32.5. The molecule has 1 fully saturated rings. The second kappa shape index (κ2) is 16.0. The van der Waals surface area contributed by atoms with Crippen LogP contribution in [0.3, 0.4) is 0 Å². The van der Waals surface area contributed by atoms with Gasteiger partial charge in [0, 0.05) is 26.2 Å². The van der Waals surface area contributed by atoms with Gasteiger partial charge in [0.2, 0.25) is 11.8 Å². The van der Waals surface area contributed by atoms with Gasteiger partial charge in [0.25, 0.3) is 0 Å². The fourth-order valence-corrected chi connectivity index (χ4v) is 6.50. The van der Waals surface area contributed by atoms with Crippen molar-refractivity contribution >= 4 is 17.8 Å². The molecule has 0 radical (unpaired) electrons. The summed E-state index contributed by atoms with van der Waals surface area (Å²) in [6.45, 7) is 19.4. The Balaban J connectivity index is 2.14. The molecule has 0 aliphatic carbocycles. The summed E-state index contributed by atoms with van der Waals surface area (Å²) in [5.74, 6) is 0.180. The average Bonchev–Trinajstić information content (AvgIpc) is 2.96. The molecule has 1 N–H and O–H groups in total. The molecule has 1 heterocycles. The molecule has 1 saturated heterocycles. The van der Waals surface area contributed by atoms with Crippen LogP contribution < -0.4 is 5.32 Å². The van der Waals surface area contributed by atoms with E-state index in [0.717, 1.165) is 25.8 Å². The van der Waals surface area contributed by atoms with Gasteiger partial charge in [-0.3, -0.25) is 14.5 Å². The molecule has 8 heteroatoms. The Morgan fingerprint density at radius 2 is 1.67 bits per heavy atom. The fourth-order valence-electron chi connectivity index (χ4n) is 6.50. The Bertz CT molecular complexity index is 1040. The molecule has 1 aromatic carbocycles. The van der Waals surface area contributed by atoms with E-state index in [0.29, 0.717) is 25.4 Å². The van der Waals surface area contributed by atoms with Gasteiger partial charge in [-0.25, -0.2) is 4.79 Å². The van der Waals surface area contributed by atoms with E-state index in [9.17, 15) is 14.4 Å². The van der Waals surface area contributed by atoms with Crippen molar-refractivity contribution in [1.29, 1.82) is 0 Å². The molecular weight excluding hydrogens is 540 g/mol. The van der Waals surface area contributed by atoms with Crippen molar-refractivity contribution in [3.63, 3.8) is 0 Å². The molecule has 43 heavy (non-hydrogen) atoms. The molecule has 0 bridgehead atoms. The number of rotatable bonds is 14. The molecule has 0 spiro atoms. The van der Waals surface area contributed by atoms with Crippen molar-refractivity contribution in [2.75, 3.05) is 47.4 Å². The Hall–Kier alpha value is -2.45. The van der Waals surface area contributed by atoms with Crippen molar-refractivity contribution in [3.05, 3.63) is 35.9 Å². The number of benzene rings is 1. The number of likely N-dealkylation sites (tertiary alicyclic amines) is 1. The van der Waals surface area contributed by atoms with E-state index in [4.69, 9.17) is 4.74 Å². The molecule has 0 aromatic heterocycles. The van der Waals surface area contributed by atoms with E-state index in [2.05, 4.69) is 85.0 Å². The van der Waals surface area contributed by atoms with E-state index >= 15 is 0 Å². The van der Waals surface area contributed by atoms with Crippen molar-refractivity contribution in [2.24, 2.45) is 17.3 Å². The minimum atomic E-state index is -0.512. The number of carbonyl (C=O) groups excluding carboxylic acids is 3. The smallest absolute Gasteiger partial charge is 0.328 e. The maximum absolute atomic E-state index is 14.2. The molecule has 4 atom stereocenters. The molecule has 244 valence electrons. The second-order valence-corrected chi connectivity index (χ2v) is 14.5. The van der Waals surface area contributed by atoms with Gasteiger partial charge in [0.05, 0.1) is 19.7 Å². The quantitative estimate of drug-likeness (QED) is 0.304. The lowest BCUT2D eigenvalue weighted by molar-refractivity contribution is -0.155. The third-order valence-electron chi connectivity index (χ3n) is 9.53. The number of likely N-dealkylation sites (N-methyl/N-ethyl adjacent to an activating group) is 2. The minimum Gasteiger partial charge on any atom is -0.467 e. The standard InChI is InChI=1S/C35H60N4O4/c1-12-26(35(7,8)27-18-14-13-15-19-27)22-36-31(34(4,5)6)32(41)38(10)29(25(2)3)23-37(9)24-30(40)39-21-17-16-20-28(39)33(42)43-11/h13-15,18-19,25-26,28-29,31,36H,12,16-17,20-24H2,1-11H3/t26-,28+,29-,31-/m1/s1. The molecule has 2 amide bonds. The summed E-state index contributed by atoms with van der Waals surface area (Å²) in [7, 11) is 5.18. The molecule has 0 saturated carbocycles. The maximum Gasteiger partial charge on any atom is 0.328 e. The summed E-state index contributed by atoms with van der Waals surface area (Å²) in [4.78, 5) is 45.3. The van der Waals surface area contributed by atoms with E-state index in [-0.39, 0.29) is 53.2 Å². The molecule has 1 aliphatic heterocycles. The molecular formula is C35H60N4O4. The first kappa shape index (κ1) is 36.7. The number of hydrogen-bond acceptors (Lipinski definition) is 6. The minimum absolute atomic E-state index is 0.0443. The lowest BCUT2D eigenvalue weighted by Gasteiger charge is -2.41. The third-order valence-corrected chi connectivity index (χ3v) is 9.53. The maximum atomic E-state index is 14.2. The van der Waals surface area contributed by atoms with Crippen LogP contribution in [0, 0.1) is 17.3 Å². The van der Waals surface area contributed by atoms with Gasteiger partial charge in [-0.15, -0.1) is 0 Å². The van der Waals surface area contributed by atoms with Crippen molar-refractivity contribution in [3.8, 4) is 0 Å². The SMILES string of the molecule is CC[C@H](CN[C@H](C(=O)N(C)[C@H](CN(C)CC(=O)N1CCCC[C@H]1C(=O)OC)C(C)C)C(C)(C)C)C(C)(C)c1ccccc1. The monoisotopic (exact) mass is 600 g/mol. The topological polar surface area (TPSA) is 82.2 Å². The van der Waals surface area contributed by atoms with E-state index in [1.807, 2.05) is 30.0 Å². The third kappa shape index (κ3) is 9.77. The first-order valence-corrected chi connectivity index (χ1v) is 16.2. The average molecular weight is 601 g/mol. The highest BCUT2D eigenvalue weighted by Crippen LogP contribution is 2.34. The van der Waals surface area contributed by atoms with Crippen LogP contribution in [0.15, 0.2) is 30.3 Å². The van der Waals surface area contributed by atoms with Crippen LogP contribution in [0.2, 0.25) is 0 Å². The molecule has 1 aromatic rings. The molecule has 2 rings (SSSR count). The van der Waals surface area contributed by atoms with E-state index in [1.165, 1.54) is 12.7 Å². The summed E-state index contributed by atoms with van der Waals surface area (Å²) < 4.78 is 4.96. The van der Waals surface area contributed by atoms with Gasteiger partial charge in [-0.2, -0.15) is 0 Å². The van der Waals surface area contributed by atoms with Gasteiger partial charge in [-0.05, 0) is 61.1 Å². The summed E-state index contributed by atoms with van der Waals surface area (Å²) >= 11 is 0. The summed E-state index contributed by atoms with van der Waals surface area (Å²) in [5.41, 5.74) is 0.970. The van der Waals surface area contributed by atoms with Crippen LogP contribution in [0.25, 0.3) is 0 Å². The first-order chi connectivity index (χ1) is 20.1. The van der Waals surface area contributed by atoms with Crippen LogP contribution in [0.4, 0.5) is 0 Å². The number of piperidine rings is 1. The Kier molecular flexibility index (Phi) is 13.7. The number of hydrogen-bond donors (Lipinski definition) is 1. The largest absolute Gasteiger partial charge is 0.467 e. The van der Waals surface area contributed by atoms with E-state index in [1.54, 1.807) is 4.90 Å². The summed E-state index contributed by atoms with van der Waals surface area (Å²) in [6.07, 6.45) is 3.43. The number of ether oxygens (including phenoxy) is 1. The highest BCUT2D eigenvalue weighted by Gasteiger charge is 2.39. The van der Waals surface area contributed by atoms with Crippen molar-refractivity contribution in [1.82, 2.24) is 20.0 Å². The number of amides is 2. The van der Waals surface area contributed by atoms with Gasteiger partial charge in [-0.1, -0.05) is 92.1 Å². The number of nitrogens with zero attached hydrogens (tertiary/aromatic N) is 3. The number of esters is 1. The number of methoxy groups -OCH3 is 1. The lowest BCUT2D eigenvalue weighted by Crippen LogP contribution is -2.58. The van der Waals surface area contributed by atoms with E-state index < -0.39 is 6.04 Å². The zero-order valence-electron chi connectivity index (χ0n) is 28.9. The lowest BCUT2D eigenvalue weighted by atomic mass is 9.72. The highest BCUT2D eigenvalue weighted by molar-refractivity contribution is 5.86. The Morgan fingerprint density at radius 3 is 2.21 bits per heavy atom. The molecule has 1 aliphatic rings. The Labute approximate surface area is 261 Å². The predicted octanol–water partition coefficient (Wildman–Crippen LogP) is 4.96. The first-order valence-electron chi connectivity index (χ1n) is 16.2. The predicted molar refractivity (Wildman–Crippen MR) is 175 cm³/mol. The van der Waals surface area contributed by atoms with Gasteiger partial charge in [0.1, 0.15) is 6.04 Å². The van der Waals surface area contributed by atoms with Gasteiger partial charge < -0.3 is 19.9 Å². The van der Waals surface area contributed by atoms with Crippen LogP contribution >= 0.6 is 0 Å². The van der Waals surface area contributed by atoms with Crippen LogP contribution in [0.1, 0.15) is 86.6 Å². The number of carbonyl (C=O) groups is 3. The summed E-state index contributed by atoms with van der Waals surface area (Å²) in [6, 6.07) is 9.66. The molecule has 8 nitrogen and oxygen atoms in total. The molecule has 0 unspecified atom stereocenters. The second-order valence-electron chi connectivity index (χ2n) is 14.5. The van der Waals surface area contributed by atoms with Crippen LogP contribution in [0.5, 0.6) is 0 Å². The van der Waals surface area contributed by atoms with Crippen molar-refractivity contribution in [2.45, 2.75) is 105 Å². The van der Waals surface area contributed by atoms with Crippen LogP contribution in [-0.4, -0.2) is 98.0 Å². The van der Waals surface area contributed by atoms with Gasteiger partial charge in [0.15, 0.2) is 0 Å². The zero-order valence-corrected chi connectivity index (χ0v) is 28.9. The van der Waals surface area contributed by atoms with Gasteiger partial charge >= 0.3 is 5.97 Å². The normalized spacial score (nSPS) is 18.3. The highest BCUT2D eigenvalue weighted by atomic mass is 16.5. The number of nitrogens with one attached hydrogen (secondary N) is 1. The van der Waals surface area contributed by atoms with Crippen LogP contribution in [-0.2, 0) is 24.5 Å². The Morgan fingerprint density at radius 1 is 1.05 bits per heavy atom.